The SMILES string of the molecule is CN1N=C(C(=O)NC2CCCC2C(=O)O)CCC1=O. The average molecular weight is 267 g/mol. The summed E-state index contributed by atoms with van der Waals surface area (Å²) in [5, 5.41) is 16.8. The predicted octanol–water partition coefficient (Wildman–Crippen LogP) is -0.0359. The Labute approximate surface area is 110 Å². The van der Waals surface area contributed by atoms with Crippen LogP contribution in [0.4, 0.5) is 0 Å². The van der Waals surface area contributed by atoms with Crippen LogP contribution < -0.4 is 5.32 Å². The summed E-state index contributed by atoms with van der Waals surface area (Å²) in [6.45, 7) is 0. The third-order valence-electron chi connectivity index (χ3n) is 3.62. The molecule has 1 fully saturated rings. The molecule has 1 heterocycles. The summed E-state index contributed by atoms with van der Waals surface area (Å²) in [5.74, 6) is -1.88. The normalized spacial score (nSPS) is 27.1. The maximum Gasteiger partial charge on any atom is 0.308 e. The van der Waals surface area contributed by atoms with Crippen molar-refractivity contribution in [2.75, 3.05) is 7.05 Å². The molecule has 0 aromatic rings. The number of hydrogen-bond donors (Lipinski definition) is 2. The Morgan fingerprint density at radius 1 is 1.37 bits per heavy atom. The number of rotatable bonds is 3. The van der Waals surface area contributed by atoms with Crippen molar-refractivity contribution in [3.63, 3.8) is 0 Å². The molecule has 0 aromatic carbocycles. The lowest BCUT2D eigenvalue weighted by atomic mass is 10.0. The summed E-state index contributed by atoms with van der Waals surface area (Å²) in [4.78, 5) is 34.3. The summed E-state index contributed by atoms with van der Waals surface area (Å²) in [5.41, 5.74) is 0.290. The number of carbonyl (C=O) groups is 3. The second kappa shape index (κ2) is 5.38. The first-order valence-corrected chi connectivity index (χ1v) is 6.36. The Morgan fingerprint density at radius 3 is 2.74 bits per heavy atom. The molecule has 1 saturated carbocycles. The Hall–Kier alpha value is -1.92. The molecule has 19 heavy (non-hydrogen) atoms. The van der Waals surface area contributed by atoms with E-state index in [9.17, 15) is 14.4 Å². The van der Waals surface area contributed by atoms with Gasteiger partial charge in [0.05, 0.1) is 5.92 Å². The molecule has 2 unspecified atom stereocenters. The number of carbonyl (C=O) groups excluding carboxylic acids is 2. The summed E-state index contributed by atoms with van der Waals surface area (Å²) in [7, 11) is 1.50. The van der Waals surface area contributed by atoms with Gasteiger partial charge in [-0.1, -0.05) is 6.42 Å². The molecule has 2 amide bonds. The fraction of sp³-hybridized carbons (Fsp3) is 0.667. The van der Waals surface area contributed by atoms with Crippen LogP contribution in [0.1, 0.15) is 32.1 Å². The smallest absolute Gasteiger partial charge is 0.308 e. The van der Waals surface area contributed by atoms with E-state index in [1.807, 2.05) is 0 Å². The summed E-state index contributed by atoms with van der Waals surface area (Å²) in [6.07, 6.45) is 2.62. The van der Waals surface area contributed by atoms with Crippen molar-refractivity contribution in [1.29, 1.82) is 0 Å². The van der Waals surface area contributed by atoms with Crippen molar-refractivity contribution in [2.24, 2.45) is 11.0 Å². The highest BCUT2D eigenvalue weighted by Gasteiger charge is 2.35. The van der Waals surface area contributed by atoms with Crippen LogP contribution >= 0.6 is 0 Å². The van der Waals surface area contributed by atoms with Crippen LogP contribution in [-0.4, -0.2) is 46.7 Å². The van der Waals surface area contributed by atoms with Gasteiger partial charge < -0.3 is 10.4 Å². The third-order valence-corrected chi connectivity index (χ3v) is 3.62. The van der Waals surface area contributed by atoms with E-state index in [1.165, 1.54) is 7.05 Å². The van der Waals surface area contributed by atoms with E-state index in [-0.39, 0.29) is 30.0 Å². The number of aliphatic carboxylic acids is 1. The second-order valence-corrected chi connectivity index (χ2v) is 4.92. The van der Waals surface area contributed by atoms with Gasteiger partial charge in [0, 0.05) is 25.9 Å². The minimum atomic E-state index is -0.874. The highest BCUT2D eigenvalue weighted by Crippen LogP contribution is 2.26. The highest BCUT2D eigenvalue weighted by atomic mass is 16.4. The molecule has 2 N–H and O–H groups in total. The molecule has 0 spiro atoms. The largest absolute Gasteiger partial charge is 0.481 e. The van der Waals surface area contributed by atoms with Gasteiger partial charge in [0.15, 0.2) is 0 Å². The number of nitrogens with zero attached hydrogens (tertiary/aromatic N) is 2. The Kier molecular flexibility index (Phi) is 3.82. The number of hydrogen-bond acceptors (Lipinski definition) is 4. The molecule has 0 aromatic heterocycles. The molecule has 1 aliphatic carbocycles. The lowest BCUT2D eigenvalue weighted by Crippen LogP contribution is -2.45. The molecule has 1 aliphatic heterocycles. The summed E-state index contributed by atoms with van der Waals surface area (Å²) in [6, 6.07) is -0.337. The average Bonchev–Trinajstić information content (AvgIpc) is 2.80. The molecule has 104 valence electrons. The van der Waals surface area contributed by atoms with E-state index < -0.39 is 11.9 Å². The van der Waals surface area contributed by atoms with Gasteiger partial charge in [-0.05, 0) is 12.8 Å². The molecular weight excluding hydrogens is 250 g/mol. The van der Waals surface area contributed by atoms with Crippen LogP contribution in [-0.2, 0) is 14.4 Å². The van der Waals surface area contributed by atoms with Crippen molar-refractivity contribution in [1.82, 2.24) is 10.3 Å². The van der Waals surface area contributed by atoms with Gasteiger partial charge in [-0.2, -0.15) is 5.10 Å². The van der Waals surface area contributed by atoms with Crippen molar-refractivity contribution < 1.29 is 19.5 Å². The molecule has 0 saturated heterocycles. The molecule has 2 atom stereocenters. The van der Waals surface area contributed by atoms with Gasteiger partial charge in [-0.3, -0.25) is 14.4 Å². The quantitative estimate of drug-likeness (QED) is 0.749. The van der Waals surface area contributed by atoms with Gasteiger partial charge in [0.25, 0.3) is 5.91 Å². The Bertz CT molecular complexity index is 446. The number of carboxylic acid groups (broad SMARTS) is 1. The Balaban J connectivity index is 2.00. The van der Waals surface area contributed by atoms with Crippen LogP contribution in [0.25, 0.3) is 0 Å². The van der Waals surface area contributed by atoms with E-state index in [4.69, 9.17) is 5.11 Å². The molecule has 2 aliphatic rings. The molecule has 0 bridgehead atoms. The van der Waals surface area contributed by atoms with Gasteiger partial charge in [-0.25, -0.2) is 5.01 Å². The maximum absolute atomic E-state index is 12.0. The molecule has 2 rings (SSSR count). The van der Waals surface area contributed by atoms with Crippen LogP contribution in [0.3, 0.4) is 0 Å². The zero-order valence-corrected chi connectivity index (χ0v) is 10.8. The number of hydrazone groups is 1. The lowest BCUT2D eigenvalue weighted by Gasteiger charge is -2.22. The van der Waals surface area contributed by atoms with Crippen molar-refractivity contribution in [2.45, 2.75) is 38.1 Å². The fourth-order valence-corrected chi connectivity index (χ4v) is 2.51. The minimum absolute atomic E-state index is 0.124. The first-order chi connectivity index (χ1) is 8.99. The standard InChI is InChI=1S/C12H17N3O4/c1-15-10(16)6-5-9(14-15)11(17)13-8-4-2-3-7(8)12(18)19/h7-8H,2-6H2,1H3,(H,13,17)(H,18,19). The second-order valence-electron chi connectivity index (χ2n) is 4.92. The lowest BCUT2D eigenvalue weighted by molar-refractivity contribution is -0.142. The first-order valence-electron chi connectivity index (χ1n) is 6.36. The van der Waals surface area contributed by atoms with Crippen molar-refractivity contribution >= 4 is 23.5 Å². The third kappa shape index (κ3) is 2.91. The Morgan fingerprint density at radius 2 is 2.11 bits per heavy atom. The van der Waals surface area contributed by atoms with Crippen LogP contribution in [0.5, 0.6) is 0 Å². The maximum atomic E-state index is 12.0. The van der Waals surface area contributed by atoms with Gasteiger partial charge in [0.1, 0.15) is 5.71 Å². The molecule has 0 radical (unpaired) electrons. The van der Waals surface area contributed by atoms with Crippen LogP contribution in [0, 0.1) is 5.92 Å². The number of carboxylic acids is 1. The van der Waals surface area contributed by atoms with E-state index >= 15 is 0 Å². The summed E-state index contributed by atoms with van der Waals surface area (Å²) >= 11 is 0. The van der Waals surface area contributed by atoms with Crippen LogP contribution in [0.15, 0.2) is 5.10 Å². The zero-order valence-electron chi connectivity index (χ0n) is 10.8. The van der Waals surface area contributed by atoms with E-state index in [1.54, 1.807) is 0 Å². The van der Waals surface area contributed by atoms with Crippen molar-refractivity contribution in [3.05, 3.63) is 0 Å². The zero-order chi connectivity index (χ0) is 14.0. The predicted molar refractivity (Wildman–Crippen MR) is 66.3 cm³/mol. The molecule has 7 nitrogen and oxygen atoms in total. The summed E-state index contributed by atoms with van der Waals surface area (Å²) < 4.78 is 0. The first kappa shape index (κ1) is 13.5. The molecule has 7 heteroatoms. The number of nitrogens with one attached hydrogen (secondary N) is 1. The fourth-order valence-electron chi connectivity index (χ4n) is 2.51. The van der Waals surface area contributed by atoms with E-state index in [0.29, 0.717) is 19.3 Å². The topological polar surface area (TPSA) is 99.1 Å². The van der Waals surface area contributed by atoms with Gasteiger partial charge >= 0.3 is 5.97 Å². The monoisotopic (exact) mass is 267 g/mol. The number of amides is 2. The minimum Gasteiger partial charge on any atom is -0.481 e. The van der Waals surface area contributed by atoms with Gasteiger partial charge in [0.2, 0.25) is 5.91 Å². The van der Waals surface area contributed by atoms with Gasteiger partial charge in [-0.15, -0.1) is 0 Å². The highest BCUT2D eigenvalue weighted by molar-refractivity contribution is 6.39. The van der Waals surface area contributed by atoms with Crippen molar-refractivity contribution in [3.8, 4) is 0 Å². The molecular formula is C12H17N3O4. The van der Waals surface area contributed by atoms with E-state index in [0.717, 1.165) is 11.4 Å². The van der Waals surface area contributed by atoms with E-state index in [2.05, 4.69) is 10.4 Å². The van der Waals surface area contributed by atoms with Crippen LogP contribution in [0.2, 0.25) is 0 Å².